The van der Waals surface area contributed by atoms with Crippen LogP contribution in [0.1, 0.15) is 22.2 Å². The summed E-state index contributed by atoms with van der Waals surface area (Å²) in [5.74, 6) is 1.16. The fraction of sp³-hybridized carbons (Fsp3) is 0.273. The number of carbonyl (C=O) groups is 2. The molecule has 0 radical (unpaired) electrons. The summed E-state index contributed by atoms with van der Waals surface area (Å²) in [6, 6.07) is 12.9. The van der Waals surface area contributed by atoms with Crippen LogP contribution in [0, 0.1) is 0 Å². The maximum atomic E-state index is 12.6. The number of thioether (sulfide) groups is 1. The third-order valence-electron chi connectivity index (χ3n) is 4.71. The quantitative estimate of drug-likeness (QED) is 0.383. The van der Waals surface area contributed by atoms with E-state index in [1.54, 1.807) is 74.4 Å². The average Bonchev–Trinajstić information content (AvgIpc) is 3.21. The predicted molar refractivity (Wildman–Crippen MR) is 124 cm³/mol. The van der Waals surface area contributed by atoms with Crippen LogP contribution in [0.25, 0.3) is 0 Å². The van der Waals surface area contributed by atoms with Crippen LogP contribution in [-0.2, 0) is 11.8 Å². The van der Waals surface area contributed by atoms with Crippen LogP contribution in [0.5, 0.6) is 11.5 Å². The Kier molecular flexibility index (Phi) is 8.28. The smallest absolute Gasteiger partial charge is 0.251 e. The highest BCUT2D eigenvalue weighted by atomic mass is 32.2. The molecule has 2 amide bonds. The molecule has 0 saturated heterocycles. The molecule has 174 valence electrons. The second kappa shape index (κ2) is 11.3. The van der Waals surface area contributed by atoms with Crippen molar-refractivity contribution in [2.24, 2.45) is 7.05 Å². The highest BCUT2D eigenvalue weighted by Crippen LogP contribution is 2.21. The van der Waals surface area contributed by atoms with Crippen molar-refractivity contribution in [3.8, 4) is 11.5 Å². The Labute approximate surface area is 195 Å². The van der Waals surface area contributed by atoms with Gasteiger partial charge in [-0.2, -0.15) is 0 Å². The van der Waals surface area contributed by atoms with E-state index < -0.39 is 6.04 Å². The molecule has 1 aromatic heterocycles. The van der Waals surface area contributed by atoms with Gasteiger partial charge in [0.25, 0.3) is 5.91 Å². The molecule has 1 heterocycles. The summed E-state index contributed by atoms with van der Waals surface area (Å²) in [6.45, 7) is -0.366. The van der Waals surface area contributed by atoms with Crippen molar-refractivity contribution in [1.29, 1.82) is 0 Å². The predicted octanol–water partition coefficient (Wildman–Crippen LogP) is 2.03. The normalized spacial score (nSPS) is 11.5. The summed E-state index contributed by atoms with van der Waals surface area (Å²) in [7, 11) is 4.81. The number of hydrogen-bond acceptors (Lipinski definition) is 8. The van der Waals surface area contributed by atoms with Crippen molar-refractivity contribution in [3.05, 3.63) is 59.9 Å². The number of aliphatic hydroxyl groups excluding tert-OH is 1. The van der Waals surface area contributed by atoms with E-state index in [1.807, 2.05) is 0 Å². The Bertz CT molecular complexity index is 1100. The van der Waals surface area contributed by atoms with Gasteiger partial charge < -0.3 is 29.8 Å². The van der Waals surface area contributed by atoms with E-state index in [4.69, 9.17) is 9.47 Å². The van der Waals surface area contributed by atoms with E-state index in [2.05, 4.69) is 20.8 Å². The fourth-order valence-corrected chi connectivity index (χ4v) is 3.68. The van der Waals surface area contributed by atoms with Gasteiger partial charge in [0, 0.05) is 24.4 Å². The van der Waals surface area contributed by atoms with Crippen LogP contribution in [0.3, 0.4) is 0 Å². The van der Waals surface area contributed by atoms with Gasteiger partial charge in [0.1, 0.15) is 17.5 Å². The van der Waals surface area contributed by atoms with E-state index in [9.17, 15) is 14.7 Å². The van der Waals surface area contributed by atoms with E-state index in [0.717, 1.165) is 0 Å². The molecule has 0 bridgehead atoms. The van der Waals surface area contributed by atoms with Gasteiger partial charge in [-0.05, 0) is 36.4 Å². The molecule has 3 N–H and O–H groups in total. The van der Waals surface area contributed by atoms with Gasteiger partial charge in [0.15, 0.2) is 11.0 Å². The Morgan fingerprint density at radius 2 is 1.82 bits per heavy atom. The number of hydrogen-bond donors (Lipinski definition) is 3. The molecule has 3 rings (SSSR count). The van der Waals surface area contributed by atoms with E-state index in [0.29, 0.717) is 33.7 Å². The number of benzene rings is 2. The topological polar surface area (TPSA) is 128 Å². The number of ether oxygens (including phenoxy) is 2. The van der Waals surface area contributed by atoms with Crippen molar-refractivity contribution in [1.82, 2.24) is 20.1 Å². The molecule has 0 spiro atoms. The number of carbonyl (C=O) groups excluding carboxylic acids is 2. The third-order valence-corrected chi connectivity index (χ3v) is 5.73. The molecular weight excluding hydrogens is 446 g/mol. The lowest BCUT2D eigenvalue weighted by Gasteiger charge is -2.16. The Hall–Kier alpha value is -3.57. The third kappa shape index (κ3) is 6.24. The highest BCUT2D eigenvalue weighted by Gasteiger charge is 2.22. The summed E-state index contributed by atoms with van der Waals surface area (Å²) in [4.78, 5) is 24.9. The highest BCUT2D eigenvalue weighted by molar-refractivity contribution is 7.99. The molecule has 0 aliphatic heterocycles. The van der Waals surface area contributed by atoms with Gasteiger partial charge in [0.05, 0.1) is 26.6 Å². The summed E-state index contributed by atoms with van der Waals surface area (Å²) in [6.07, 6.45) is 0. The van der Waals surface area contributed by atoms with Gasteiger partial charge in [0.2, 0.25) is 5.91 Å². The Morgan fingerprint density at radius 1 is 1.09 bits per heavy atom. The van der Waals surface area contributed by atoms with Crippen LogP contribution < -0.4 is 20.1 Å². The summed E-state index contributed by atoms with van der Waals surface area (Å²) >= 11 is 1.19. The molecule has 1 atom stereocenters. The fourth-order valence-electron chi connectivity index (χ4n) is 2.96. The van der Waals surface area contributed by atoms with Gasteiger partial charge >= 0.3 is 0 Å². The minimum absolute atomic E-state index is 0.102. The molecule has 0 fully saturated rings. The van der Waals surface area contributed by atoms with Crippen LogP contribution in [0.2, 0.25) is 0 Å². The van der Waals surface area contributed by atoms with Gasteiger partial charge in [-0.3, -0.25) is 9.59 Å². The molecule has 0 aliphatic carbocycles. The largest absolute Gasteiger partial charge is 0.497 e. The Balaban J connectivity index is 1.60. The summed E-state index contributed by atoms with van der Waals surface area (Å²) in [5, 5.41) is 24.0. The van der Waals surface area contributed by atoms with Crippen LogP contribution in [0.15, 0.2) is 53.7 Å². The van der Waals surface area contributed by atoms with Crippen LogP contribution in [-0.4, -0.2) is 58.3 Å². The van der Waals surface area contributed by atoms with Gasteiger partial charge in [-0.1, -0.05) is 17.8 Å². The number of methoxy groups -OCH3 is 2. The first-order valence-corrected chi connectivity index (χ1v) is 11.0. The van der Waals surface area contributed by atoms with Crippen molar-refractivity contribution in [2.75, 3.05) is 31.9 Å². The van der Waals surface area contributed by atoms with Crippen LogP contribution in [0.4, 0.5) is 5.69 Å². The number of nitrogens with one attached hydrogen (secondary N) is 2. The monoisotopic (exact) mass is 471 g/mol. The number of nitrogens with zero attached hydrogens (tertiary/aromatic N) is 3. The zero-order valence-corrected chi connectivity index (χ0v) is 19.3. The lowest BCUT2D eigenvalue weighted by Crippen LogP contribution is -2.32. The average molecular weight is 472 g/mol. The summed E-state index contributed by atoms with van der Waals surface area (Å²) in [5.41, 5.74) is 1.04. The number of aromatic nitrogens is 3. The number of anilines is 1. The maximum absolute atomic E-state index is 12.6. The van der Waals surface area contributed by atoms with E-state index in [-0.39, 0.29) is 24.2 Å². The zero-order valence-electron chi connectivity index (χ0n) is 18.4. The first-order chi connectivity index (χ1) is 15.9. The molecule has 2 aromatic carbocycles. The molecule has 0 aliphatic rings. The van der Waals surface area contributed by atoms with Crippen molar-refractivity contribution in [2.45, 2.75) is 11.2 Å². The standard InChI is InChI=1S/C22H25N5O5S/c1-27-20(18(12-28)24-21(30)14-7-9-16(31-2)10-8-14)25-26-22(27)33-13-19(29)23-15-5-4-6-17(11-15)32-3/h4-11,18,28H,12-13H2,1-3H3,(H,23,29)(H,24,30)/t18-/m1/s1. The molecule has 3 aromatic rings. The first-order valence-electron chi connectivity index (χ1n) is 9.97. The van der Waals surface area contributed by atoms with Gasteiger partial charge in [-0.25, -0.2) is 0 Å². The van der Waals surface area contributed by atoms with Crippen LogP contribution >= 0.6 is 11.8 Å². The molecular formula is C22H25N5O5S. The number of amides is 2. The van der Waals surface area contributed by atoms with Crippen molar-refractivity contribution < 1.29 is 24.2 Å². The molecule has 0 saturated carbocycles. The minimum atomic E-state index is -0.767. The molecule has 11 heteroatoms. The first kappa shape index (κ1) is 24.1. The van der Waals surface area contributed by atoms with Gasteiger partial charge in [-0.15, -0.1) is 10.2 Å². The van der Waals surface area contributed by atoms with Crippen molar-refractivity contribution in [3.63, 3.8) is 0 Å². The van der Waals surface area contributed by atoms with E-state index >= 15 is 0 Å². The summed E-state index contributed by atoms with van der Waals surface area (Å²) < 4.78 is 11.9. The Morgan fingerprint density at radius 3 is 2.48 bits per heavy atom. The lowest BCUT2D eigenvalue weighted by molar-refractivity contribution is -0.113. The zero-order chi connectivity index (χ0) is 23.8. The molecule has 10 nitrogen and oxygen atoms in total. The second-order valence-corrected chi connectivity index (χ2v) is 7.85. The lowest BCUT2D eigenvalue weighted by atomic mass is 10.2. The van der Waals surface area contributed by atoms with Crippen molar-refractivity contribution >= 4 is 29.3 Å². The molecule has 33 heavy (non-hydrogen) atoms. The maximum Gasteiger partial charge on any atom is 0.251 e. The number of aliphatic hydroxyl groups is 1. The second-order valence-electron chi connectivity index (χ2n) is 6.91. The SMILES string of the molecule is COc1ccc(C(=O)N[C@H](CO)c2nnc(SCC(=O)Nc3cccc(OC)c3)n2C)cc1. The minimum Gasteiger partial charge on any atom is -0.497 e. The van der Waals surface area contributed by atoms with E-state index in [1.165, 1.54) is 11.8 Å². The number of rotatable bonds is 10. The molecule has 0 unspecified atom stereocenters.